The van der Waals surface area contributed by atoms with Crippen LogP contribution >= 0.6 is 0 Å². The number of carbonyl (C=O) groups is 3. The summed E-state index contributed by atoms with van der Waals surface area (Å²) in [6, 6.07) is 3.43. The van der Waals surface area contributed by atoms with Crippen LogP contribution in [-0.2, 0) is 27.3 Å². The summed E-state index contributed by atoms with van der Waals surface area (Å²) >= 11 is 0. The van der Waals surface area contributed by atoms with Crippen molar-refractivity contribution in [1.29, 1.82) is 0 Å². The van der Waals surface area contributed by atoms with Crippen molar-refractivity contribution in [2.24, 2.45) is 0 Å². The van der Waals surface area contributed by atoms with Crippen molar-refractivity contribution in [2.75, 3.05) is 13.2 Å². The van der Waals surface area contributed by atoms with E-state index in [0.717, 1.165) is 54.1 Å². The van der Waals surface area contributed by atoms with Crippen molar-refractivity contribution >= 4 is 28.4 Å². The van der Waals surface area contributed by atoms with E-state index >= 15 is 0 Å². The van der Waals surface area contributed by atoms with Crippen LogP contribution in [0.5, 0.6) is 0 Å². The largest absolute Gasteiger partial charge is 0.421 e. The minimum Gasteiger partial charge on any atom is -0.421 e. The first-order valence-electron chi connectivity index (χ1n) is 15.8. The maximum atomic E-state index is 13.9. The zero-order chi connectivity index (χ0) is 29.6. The van der Waals surface area contributed by atoms with Gasteiger partial charge in [-0.05, 0) is 50.3 Å². The number of hydrogen-bond acceptors (Lipinski definition) is 7. The quantitative estimate of drug-likeness (QED) is 0.339. The predicted octanol–water partition coefficient (Wildman–Crippen LogP) is 6.23. The van der Waals surface area contributed by atoms with Gasteiger partial charge >= 0.3 is 0 Å². The first-order chi connectivity index (χ1) is 20.4. The highest BCUT2D eigenvalue weighted by Gasteiger charge is 2.41. The van der Waals surface area contributed by atoms with Crippen LogP contribution in [0.1, 0.15) is 106 Å². The van der Waals surface area contributed by atoms with Crippen molar-refractivity contribution < 1.29 is 23.5 Å². The number of carbonyl (C=O) groups excluding carboxylic acids is 3. The molecule has 2 aliphatic heterocycles. The Balaban J connectivity index is 1.54. The highest BCUT2D eigenvalue weighted by Crippen LogP contribution is 2.33. The maximum Gasteiger partial charge on any atom is 0.247 e. The van der Waals surface area contributed by atoms with Gasteiger partial charge in [0, 0.05) is 49.2 Å². The Hall–Kier alpha value is -3.33. The number of fused-ring (bicyclic) bond motifs is 2. The van der Waals surface area contributed by atoms with E-state index in [1.54, 1.807) is 24.9 Å². The molecule has 0 unspecified atom stereocenters. The molecule has 9 heteroatoms. The zero-order valence-electron chi connectivity index (χ0n) is 25.3. The molecule has 0 aliphatic carbocycles. The summed E-state index contributed by atoms with van der Waals surface area (Å²) in [4.78, 5) is 41.5. The van der Waals surface area contributed by atoms with Gasteiger partial charge in [0.2, 0.25) is 17.7 Å². The number of ketones is 2. The molecule has 1 saturated heterocycles. The Bertz CT molecular complexity index is 1420. The Morgan fingerprint density at radius 2 is 1.71 bits per heavy atom. The second kappa shape index (κ2) is 13.8. The number of benzene rings is 1. The molecular weight excluding hydrogens is 532 g/mol. The molecule has 1 aromatic carbocycles. The summed E-state index contributed by atoms with van der Waals surface area (Å²) in [6.07, 6.45) is 13.7. The van der Waals surface area contributed by atoms with Crippen LogP contribution in [0.3, 0.4) is 0 Å². The van der Waals surface area contributed by atoms with E-state index in [2.05, 4.69) is 16.3 Å². The summed E-state index contributed by atoms with van der Waals surface area (Å²) in [5.74, 6) is 0.729. The van der Waals surface area contributed by atoms with Crippen molar-refractivity contribution in [2.45, 2.75) is 117 Å². The fourth-order valence-electron chi connectivity index (χ4n) is 6.60. The molecule has 9 nitrogen and oxygen atoms in total. The third-order valence-electron chi connectivity index (χ3n) is 8.77. The number of ether oxygens (including phenoxy) is 1. The summed E-state index contributed by atoms with van der Waals surface area (Å²) in [5.41, 5.74) is 3.26. The van der Waals surface area contributed by atoms with E-state index in [9.17, 15) is 14.4 Å². The lowest BCUT2D eigenvalue weighted by atomic mass is 9.98. The molecule has 1 amide bonds. The minimum absolute atomic E-state index is 0.0370. The van der Waals surface area contributed by atoms with Gasteiger partial charge in [-0.15, -0.1) is 10.2 Å². The van der Waals surface area contributed by atoms with E-state index in [1.165, 1.54) is 32.1 Å². The van der Waals surface area contributed by atoms with Crippen LogP contribution in [0.15, 0.2) is 22.7 Å². The normalized spacial score (nSPS) is 21.5. The second-order valence-corrected chi connectivity index (χ2v) is 11.9. The Morgan fingerprint density at radius 3 is 2.38 bits per heavy atom. The summed E-state index contributed by atoms with van der Waals surface area (Å²) in [7, 11) is 0. The molecule has 0 radical (unpaired) electrons. The monoisotopic (exact) mass is 576 g/mol. The first-order valence-corrected chi connectivity index (χ1v) is 15.8. The highest BCUT2D eigenvalue weighted by molar-refractivity contribution is 6.09. The molecule has 3 aromatic rings. The Kier molecular flexibility index (Phi) is 9.88. The number of rotatable bonds is 4. The molecule has 2 aromatic heterocycles. The fraction of sp³-hybridized carbons (Fsp3) is 0.606. The SMILES string of the molecule is CCC(=O)[C@@H]1[C@H]2CCN1C(=O)Cn1cc(C(C)=O)c3cc(-c4nnc(C)o4)cc(c31)CCCCCCCCCCCO2. The molecule has 1 fully saturated rings. The molecule has 0 N–H and O–H groups in total. The highest BCUT2D eigenvalue weighted by atomic mass is 16.5. The van der Waals surface area contributed by atoms with Gasteiger partial charge in [0.05, 0.1) is 11.6 Å². The van der Waals surface area contributed by atoms with E-state index in [4.69, 9.17) is 9.15 Å². The minimum atomic E-state index is -0.561. The van der Waals surface area contributed by atoms with Crippen LogP contribution in [0.25, 0.3) is 22.4 Å². The lowest BCUT2D eigenvalue weighted by Gasteiger charge is -2.27. The van der Waals surface area contributed by atoms with Gasteiger partial charge in [-0.2, -0.15) is 0 Å². The molecule has 5 rings (SSSR count). The summed E-state index contributed by atoms with van der Waals surface area (Å²) in [5, 5.41) is 9.02. The van der Waals surface area contributed by atoms with Crippen molar-refractivity contribution in [3.05, 3.63) is 35.3 Å². The Morgan fingerprint density at radius 1 is 1.00 bits per heavy atom. The lowest BCUT2D eigenvalue weighted by molar-refractivity contribution is -0.140. The smallest absolute Gasteiger partial charge is 0.247 e. The van der Waals surface area contributed by atoms with E-state index in [1.807, 2.05) is 17.6 Å². The van der Waals surface area contributed by atoms with Gasteiger partial charge in [0.15, 0.2) is 11.6 Å². The van der Waals surface area contributed by atoms with Crippen molar-refractivity contribution in [1.82, 2.24) is 19.7 Å². The average Bonchev–Trinajstić information content (AvgIpc) is 3.69. The third kappa shape index (κ3) is 6.66. The van der Waals surface area contributed by atoms with E-state index < -0.39 is 6.04 Å². The second-order valence-electron chi connectivity index (χ2n) is 11.9. The summed E-state index contributed by atoms with van der Waals surface area (Å²) in [6.45, 7) is 6.32. The lowest BCUT2D eigenvalue weighted by Crippen LogP contribution is -2.46. The van der Waals surface area contributed by atoms with Gasteiger partial charge in [-0.3, -0.25) is 14.4 Å². The molecule has 4 heterocycles. The van der Waals surface area contributed by atoms with Crippen molar-refractivity contribution in [3.8, 4) is 11.5 Å². The van der Waals surface area contributed by atoms with Crippen LogP contribution in [0.4, 0.5) is 0 Å². The standard InChI is InChI=1S/C33H44N4O5/c1-4-28(39)32-29-15-16-37(32)30(40)21-36-20-27(22(2)38)26-19-25(33-35-34-23(3)42-33)18-24(31(26)36)14-12-10-8-6-5-7-9-11-13-17-41-29/h18-20,29,32H,4-17,21H2,1-3H3/t29-,32-/m1/s1. The topological polar surface area (TPSA) is 108 Å². The number of hydrogen-bond donors (Lipinski definition) is 0. The van der Waals surface area contributed by atoms with Crippen LogP contribution in [0.2, 0.25) is 0 Å². The van der Waals surface area contributed by atoms with Gasteiger partial charge in [-0.1, -0.05) is 51.9 Å². The number of aryl methyl sites for hydroxylation is 2. The Labute approximate surface area is 248 Å². The number of Topliss-reactive ketones (excluding diaryl/α,β-unsaturated/α-hetero) is 2. The van der Waals surface area contributed by atoms with Gasteiger partial charge in [0.25, 0.3) is 0 Å². The number of nitrogens with zero attached hydrogens (tertiary/aromatic N) is 4. The molecule has 2 atom stereocenters. The maximum absolute atomic E-state index is 13.9. The van der Waals surface area contributed by atoms with Gasteiger partial charge in [0.1, 0.15) is 12.6 Å². The molecule has 0 saturated carbocycles. The molecule has 2 bridgehead atoms. The summed E-state index contributed by atoms with van der Waals surface area (Å²) < 4.78 is 13.9. The predicted molar refractivity (Wildman–Crippen MR) is 160 cm³/mol. The fourth-order valence-corrected chi connectivity index (χ4v) is 6.60. The van der Waals surface area contributed by atoms with Crippen LogP contribution in [-0.4, -0.2) is 62.4 Å². The van der Waals surface area contributed by atoms with Gasteiger partial charge in [-0.25, -0.2) is 0 Å². The number of amides is 1. The molecule has 226 valence electrons. The van der Waals surface area contributed by atoms with E-state index in [-0.39, 0.29) is 30.1 Å². The molecule has 2 aliphatic rings. The molecule has 0 spiro atoms. The van der Waals surface area contributed by atoms with Crippen LogP contribution in [0, 0.1) is 6.92 Å². The zero-order valence-corrected chi connectivity index (χ0v) is 25.3. The van der Waals surface area contributed by atoms with Gasteiger partial charge < -0.3 is 18.6 Å². The number of aromatic nitrogens is 3. The van der Waals surface area contributed by atoms with E-state index in [0.29, 0.717) is 43.3 Å². The first kappa shape index (κ1) is 30.1. The van der Waals surface area contributed by atoms with Crippen molar-refractivity contribution in [3.63, 3.8) is 0 Å². The molecule has 42 heavy (non-hydrogen) atoms. The third-order valence-corrected chi connectivity index (χ3v) is 8.77. The average molecular weight is 577 g/mol. The molecular formula is C33H44N4O5. The van der Waals surface area contributed by atoms with Crippen LogP contribution < -0.4 is 0 Å².